The molecular weight excluding hydrogens is 453 g/mol. The predicted molar refractivity (Wildman–Crippen MR) is 129 cm³/mol. The maximum atomic E-state index is 11.9. The van der Waals surface area contributed by atoms with E-state index in [1.807, 2.05) is 72.8 Å². The highest BCUT2D eigenvalue weighted by molar-refractivity contribution is 7.25. The van der Waals surface area contributed by atoms with Crippen molar-refractivity contribution in [3.8, 4) is 11.1 Å². The van der Waals surface area contributed by atoms with Crippen LogP contribution in [0.15, 0.2) is 84.9 Å². The SMILES string of the molecule is O=PC(O)(CCNC(=O)OCc1ccccc1)C(Cc1ccc(-c2ccccc2)cc1)C(=O)O. The van der Waals surface area contributed by atoms with Crippen molar-refractivity contribution in [1.82, 2.24) is 5.32 Å². The van der Waals surface area contributed by atoms with E-state index in [0.29, 0.717) is 5.56 Å². The number of amides is 1. The van der Waals surface area contributed by atoms with Gasteiger partial charge in [0.25, 0.3) is 0 Å². The van der Waals surface area contributed by atoms with Crippen molar-refractivity contribution in [3.63, 3.8) is 0 Å². The number of aliphatic hydroxyl groups is 1. The second-order valence-corrected chi connectivity index (χ2v) is 8.82. The van der Waals surface area contributed by atoms with Gasteiger partial charge < -0.3 is 20.3 Å². The van der Waals surface area contributed by atoms with E-state index in [9.17, 15) is 24.4 Å². The van der Waals surface area contributed by atoms with Gasteiger partial charge in [-0.05, 0) is 28.7 Å². The van der Waals surface area contributed by atoms with Gasteiger partial charge in [-0.2, -0.15) is 0 Å². The van der Waals surface area contributed by atoms with Crippen LogP contribution in [0.5, 0.6) is 0 Å². The third-order valence-corrected chi connectivity index (χ3v) is 6.34. The molecule has 2 atom stereocenters. The van der Waals surface area contributed by atoms with Gasteiger partial charge in [-0.15, -0.1) is 0 Å². The van der Waals surface area contributed by atoms with Gasteiger partial charge in [-0.3, -0.25) is 9.36 Å². The van der Waals surface area contributed by atoms with Gasteiger partial charge in [0, 0.05) is 13.0 Å². The molecule has 3 aromatic rings. The molecule has 2 unspecified atom stereocenters. The standard InChI is InChI=1S/C26H26NO6P/c28-24(29)23(17-19-11-13-22(14-12-19)21-9-5-2-6-10-21)26(31,34-32)15-16-27-25(30)33-18-20-7-3-1-4-8-20/h1-14,23,31H,15-18H2,(H,27,30)(H,28,29). The highest BCUT2D eigenvalue weighted by Gasteiger charge is 2.42. The van der Waals surface area contributed by atoms with Crippen molar-refractivity contribution >= 4 is 20.5 Å². The lowest BCUT2D eigenvalue weighted by atomic mass is 9.90. The second-order valence-electron chi connectivity index (χ2n) is 7.87. The lowest BCUT2D eigenvalue weighted by molar-refractivity contribution is -0.147. The zero-order chi connectivity index (χ0) is 24.4. The van der Waals surface area contributed by atoms with Crippen molar-refractivity contribution in [2.24, 2.45) is 5.92 Å². The van der Waals surface area contributed by atoms with E-state index in [4.69, 9.17) is 4.74 Å². The fraction of sp³-hybridized carbons (Fsp3) is 0.231. The van der Waals surface area contributed by atoms with Gasteiger partial charge in [-0.25, -0.2) is 4.79 Å². The number of carbonyl (C=O) groups is 2. The highest BCUT2D eigenvalue weighted by atomic mass is 31.1. The molecule has 8 heteroatoms. The lowest BCUT2D eigenvalue weighted by Crippen LogP contribution is -2.42. The van der Waals surface area contributed by atoms with E-state index >= 15 is 0 Å². The smallest absolute Gasteiger partial charge is 0.407 e. The van der Waals surface area contributed by atoms with E-state index in [-0.39, 0.29) is 26.0 Å². The fourth-order valence-electron chi connectivity index (χ4n) is 3.55. The zero-order valence-electron chi connectivity index (χ0n) is 18.5. The van der Waals surface area contributed by atoms with Crippen molar-refractivity contribution in [3.05, 3.63) is 96.1 Å². The van der Waals surface area contributed by atoms with Crippen molar-refractivity contribution in [1.29, 1.82) is 0 Å². The molecule has 0 aromatic heterocycles. The molecule has 0 saturated heterocycles. The Morgan fingerprint density at radius 1 is 0.882 bits per heavy atom. The third kappa shape index (κ3) is 6.98. The number of aliphatic carboxylic acids is 1. The summed E-state index contributed by atoms with van der Waals surface area (Å²) in [5, 5.41) is 21.0. The molecule has 3 rings (SSSR count). The van der Waals surface area contributed by atoms with E-state index in [2.05, 4.69) is 5.32 Å². The van der Waals surface area contributed by atoms with Crippen LogP contribution in [-0.2, 0) is 27.1 Å². The quantitative estimate of drug-likeness (QED) is 0.338. The van der Waals surface area contributed by atoms with Gasteiger partial charge in [-0.1, -0.05) is 84.9 Å². The minimum absolute atomic E-state index is 0.0192. The summed E-state index contributed by atoms with van der Waals surface area (Å²) in [6, 6.07) is 26.2. The molecule has 7 nitrogen and oxygen atoms in total. The topological polar surface area (TPSA) is 113 Å². The van der Waals surface area contributed by atoms with E-state index in [1.54, 1.807) is 12.1 Å². The molecule has 0 heterocycles. The van der Waals surface area contributed by atoms with Gasteiger partial charge >= 0.3 is 12.1 Å². The Bertz CT molecular complexity index is 1090. The number of benzene rings is 3. The van der Waals surface area contributed by atoms with Crippen LogP contribution in [0.25, 0.3) is 11.1 Å². The molecule has 0 fully saturated rings. The van der Waals surface area contributed by atoms with Gasteiger partial charge in [0.05, 0.1) is 0 Å². The Balaban J connectivity index is 1.58. The van der Waals surface area contributed by atoms with E-state index < -0.39 is 31.8 Å². The highest BCUT2D eigenvalue weighted by Crippen LogP contribution is 2.35. The van der Waals surface area contributed by atoms with Crippen LogP contribution in [0.2, 0.25) is 0 Å². The van der Waals surface area contributed by atoms with Gasteiger partial charge in [0.15, 0.2) is 13.8 Å². The number of ether oxygens (including phenoxy) is 1. The first-order chi connectivity index (χ1) is 16.4. The summed E-state index contributed by atoms with van der Waals surface area (Å²) in [5.74, 6) is -2.61. The van der Waals surface area contributed by atoms with Crippen LogP contribution in [0.3, 0.4) is 0 Å². The van der Waals surface area contributed by atoms with Crippen LogP contribution in [0.4, 0.5) is 4.79 Å². The summed E-state index contributed by atoms with van der Waals surface area (Å²) in [4.78, 5) is 23.9. The van der Waals surface area contributed by atoms with Crippen molar-refractivity contribution in [2.75, 3.05) is 6.54 Å². The Morgan fingerprint density at radius 2 is 1.47 bits per heavy atom. The molecule has 0 aliphatic rings. The molecule has 0 saturated carbocycles. The molecule has 0 bridgehead atoms. The fourth-order valence-corrected chi connectivity index (χ4v) is 4.09. The summed E-state index contributed by atoms with van der Waals surface area (Å²) < 4.78 is 16.9. The first-order valence-electron chi connectivity index (χ1n) is 10.8. The van der Waals surface area contributed by atoms with E-state index in [1.165, 1.54) is 0 Å². The van der Waals surface area contributed by atoms with Crippen LogP contribution >= 0.6 is 8.46 Å². The van der Waals surface area contributed by atoms with Crippen molar-refractivity contribution in [2.45, 2.75) is 24.8 Å². The summed E-state index contributed by atoms with van der Waals surface area (Å²) in [6.45, 7) is -0.0242. The molecule has 0 aliphatic carbocycles. The molecule has 176 valence electrons. The average molecular weight is 479 g/mol. The maximum Gasteiger partial charge on any atom is 0.407 e. The molecule has 34 heavy (non-hydrogen) atoms. The summed E-state index contributed by atoms with van der Waals surface area (Å²) >= 11 is 0. The predicted octanol–water partition coefficient (Wildman–Crippen LogP) is 4.89. The molecular formula is C26H26NO6P. The Morgan fingerprint density at radius 3 is 2.06 bits per heavy atom. The Kier molecular flexibility index (Phi) is 8.91. The maximum absolute atomic E-state index is 11.9. The average Bonchev–Trinajstić information content (AvgIpc) is 2.87. The van der Waals surface area contributed by atoms with Gasteiger partial charge in [0.2, 0.25) is 0 Å². The van der Waals surface area contributed by atoms with Crippen LogP contribution in [0, 0.1) is 5.92 Å². The Hall–Kier alpha value is -3.54. The molecule has 3 aromatic carbocycles. The molecule has 3 N–H and O–H groups in total. The molecule has 1 amide bonds. The number of alkyl carbamates (subject to hydrolysis) is 1. The first-order valence-corrected chi connectivity index (χ1v) is 11.6. The van der Waals surface area contributed by atoms with Crippen molar-refractivity contribution < 1.29 is 29.1 Å². The zero-order valence-corrected chi connectivity index (χ0v) is 19.4. The number of rotatable bonds is 11. The number of carboxylic acids is 1. The number of hydrogen-bond acceptors (Lipinski definition) is 5. The molecule has 0 radical (unpaired) electrons. The monoisotopic (exact) mass is 479 g/mol. The molecule has 0 spiro atoms. The minimum atomic E-state index is -2.06. The number of nitrogens with one attached hydrogen (secondary N) is 1. The first kappa shape index (κ1) is 25.1. The minimum Gasteiger partial charge on any atom is -0.481 e. The normalized spacial score (nSPS) is 13.6. The summed E-state index contributed by atoms with van der Waals surface area (Å²) in [6.07, 6.45) is -0.955. The number of carbonyl (C=O) groups excluding carboxylic acids is 1. The summed E-state index contributed by atoms with van der Waals surface area (Å²) in [5.41, 5.74) is 3.51. The van der Waals surface area contributed by atoms with Gasteiger partial charge in [0.1, 0.15) is 12.5 Å². The van der Waals surface area contributed by atoms with Crippen LogP contribution in [0.1, 0.15) is 17.5 Å². The largest absolute Gasteiger partial charge is 0.481 e. The molecule has 0 aliphatic heterocycles. The van der Waals surface area contributed by atoms with Crippen LogP contribution < -0.4 is 5.32 Å². The number of hydrogen-bond donors (Lipinski definition) is 3. The summed E-state index contributed by atoms with van der Waals surface area (Å²) in [7, 11) is -0.731. The third-order valence-electron chi connectivity index (χ3n) is 5.49. The number of carboxylic acid groups (broad SMARTS) is 1. The second kappa shape index (κ2) is 12.1. The lowest BCUT2D eigenvalue weighted by Gasteiger charge is -2.27. The Labute approximate surface area is 199 Å². The van der Waals surface area contributed by atoms with E-state index in [0.717, 1.165) is 16.7 Å². The van der Waals surface area contributed by atoms with Crippen LogP contribution in [-0.4, -0.2) is 34.2 Å².